The molecule has 0 aromatic heterocycles. The lowest BCUT2D eigenvalue weighted by molar-refractivity contribution is -0.0821. The Morgan fingerprint density at radius 2 is 1.65 bits per heavy atom. The third kappa shape index (κ3) is 1.72. The van der Waals surface area contributed by atoms with E-state index in [2.05, 4.69) is 38.1 Å². The molecule has 4 fully saturated rings. The molecule has 1 aromatic carbocycles. The zero-order valence-corrected chi connectivity index (χ0v) is 12.9. The molecule has 108 valence electrons. The quantitative estimate of drug-likeness (QED) is 0.856. The van der Waals surface area contributed by atoms with Crippen LogP contribution in [0.5, 0.6) is 0 Å². The van der Waals surface area contributed by atoms with Crippen LogP contribution in [0.4, 0.5) is 0 Å². The van der Waals surface area contributed by atoms with Gasteiger partial charge in [0.1, 0.15) is 0 Å². The molecule has 0 amide bonds. The van der Waals surface area contributed by atoms with Crippen molar-refractivity contribution in [2.24, 2.45) is 23.0 Å². The van der Waals surface area contributed by atoms with Gasteiger partial charge in [-0.15, -0.1) is 0 Å². The smallest absolute Gasteiger partial charge is 0.00675 e. The van der Waals surface area contributed by atoms with Crippen molar-refractivity contribution in [1.82, 2.24) is 0 Å². The van der Waals surface area contributed by atoms with Crippen LogP contribution in [0.2, 0.25) is 0 Å². The maximum atomic E-state index is 6.45. The Morgan fingerprint density at radius 3 is 2.20 bits per heavy atom. The van der Waals surface area contributed by atoms with E-state index < -0.39 is 0 Å². The molecule has 0 radical (unpaired) electrons. The molecule has 1 aromatic rings. The second-order valence-corrected chi connectivity index (χ2v) is 8.26. The highest BCUT2D eigenvalue weighted by atomic mass is 14.7. The normalized spacial score (nSPS) is 43.8. The molecule has 0 aliphatic heterocycles. The highest BCUT2D eigenvalue weighted by Crippen LogP contribution is 2.66. The van der Waals surface area contributed by atoms with E-state index in [1.54, 1.807) is 5.56 Å². The van der Waals surface area contributed by atoms with E-state index in [9.17, 15) is 0 Å². The van der Waals surface area contributed by atoms with E-state index in [0.29, 0.717) is 16.9 Å². The third-order valence-corrected chi connectivity index (χ3v) is 6.74. The van der Waals surface area contributed by atoms with Gasteiger partial charge in [-0.25, -0.2) is 0 Å². The Hall–Kier alpha value is -0.820. The molecular weight excluding hydrogens is 242 g/mol. The van der Waals surface area contributed by atoms with Crippen molar-refractivity contribution in [3.63, 3.8) is 0 Å². The fourth-order valence-electron chi connectivity index (χ4n) is 6.11. The zero-order chi connectivity index (χ0) is 14.0. The van der Waals surface area contributed by atoms with Crippen molar-refractivity contribution in [2.75, 3.05) is 0 Å². The van der Waals surface area contributed by atoms with E-state index >= 15 is 0 Å². The maximum Gasteiger partial charge on any atom is 0.00675 e. The first-order valence-corrected chi connectivity index (χ1v) is 8.34. The molecule has 1 heteroatoms. The summed E-state index contributed by atoms with van der Waals surface area (Å²) < 4.78 is 0. The Bertz CT molecular complexity index is 499. The van der Waals surface area contributed by atoms with Crippen molar-refractivity contribution in [1.29, 1.82) is 0 Å². The average molecular weight is 269 g/mol. The number of aryl methyl sites for hydroxylation is 1. The van der Waals surface area contributed by atoms with Gasteiger partial charge in [-0.05, 0) is 80.6 Å². The summed E-state index contributed by atoms with van der Waals surface area (Å²) >= 11 is 0. The summed E-state index contributed by atoms with van der Waals surface area (Å²) in [6, 6.07) is 9.76. The van der Waals surface area contributed by atoms with Gasteiger partial charge in [0, 0.05) is 6.04 Å². The largest absolute Gasteiger partial charge is 0.327 e. The van der Waals surface area contributed by atoms with Gasteiger partial charge in [0.05, 0.1) is 0 Å². The molecule has 3 atom stereocenters. The molecule has 3 unspecified atom stereocenters. The van der Waals surface area contributed by atoms with Crippen LogP contribution in [0.1, 0.15) is 56.6 Å². The van der Waals surface area contributed by atoms with Crippen LogP contribution in [0.3, 0.4) is 0 Å². The van der Waals surface area contributed by atoms with Crippen LogP contribution in [0.25, 0.3) is 0 Å². The van der Waals surface area contributed by atoms with Gasteiger partial charge in [-0.2, -0.15) is 0 Å². The lowest BCUT2D eigenvalue weighted by Gasteiger charge is -2.64. The molecule has 0 saturated heterocycles. The summed E-state index contributed by atoms with van der Waals surface area (Å²) in [4.78, 5) is 0. The summed E-state index contributed by atoms with van der Waals surface area (Å²) in [5, 5.41) is 0. The average Bonchev–Trinajstić information content (AvgIpc) is 2.37. The van der Waals surface area contributed by atoms with Crippen LogP contribution in [-0.2, 0) is 5.41 Å². The van der Waals surface area contributed by atoms with Gasteiger partial charge in [-0.3, -0.25) is 0 Å². The third-order valence-electron chi connectivity index (χ3n) is 6.74. The van der Waals surface area contributed by atoms with Crippen molar-refractivity contribution in [3.05, 3.63) is 35.4 Å². The van der Waals surface area contributed by atoms with E-state index in [-0.39, 0.29) is 0 Å². The fraction of sp³-hybridized carbons (Fsp3) is 0.684. The minimum Gasteiger partial charge on any atom is -0.327 e. The van der Waals surface area contributed by atoms with Gasteiger partial charge in [0.25, 0.3) is 0 Å². The minimum atomic E-state index is 0.359. The molecule has 2 N–H and O–H groups in total. The number of rotatable bonds is 2. The van der Waals surface area contributed by atoms with Crippen molar-refractivity contribution in [2.45, 2.75) is 63.8 Å². The van der Waals surface area contributed by atoms with Crippen LogP contribution in [0, 0.1) is 24.2 Å². The predicted octanol–water partition coefficient (Wildman–Crippen LogP) is 4.18. The first-order chi connectivity index (χ1) is 9.51. The lowest BCUT2D eigenvalue weighted by Crippen LogP contribution is -2.59. The van der Waals surface area contributed by atoms with Gasteiger partial charge >= 0.3 is 0 Å². The van der Waals surface area contributed by atoms with Crippen LogP contribution in [-0.4, -0.2) is 6.04 Å². The highest BCUT2D eigenvalue weighted by Gasteiger charge is 2.59. The highest BCUT2D eigenvalue weighted by molar-refractivity contribution is 5.33. The summed E-state index contributed by atoms with van der Waals surface area (Å²) in [6.07, 6.45) is 8.45. The molecular formula is C19H27N. The maximum absolute atomic E-state index is 6.45. The number of hydrogen-bond donors (Lipinski definition) is 1. The Kier molecular flexibility index (Phi) is 2.64. The SMILES string of the molecule is Cc1ccc(C23CC4CC(C2)CC(C(C)N)(C4)C3)cc1. The molecule has 4 aliphatic rings. The first kappa shape index (κ1) is 12.9. The minimum absolute atomic E-state index is 0.359. The number of benzene rings is 1. The van der Waals surface area contributed by atoms with Gasteiger partial charge < -0.3 is 5.73 Å². The van der Waals surface area contributed by atoms with Gasteiger partial charge in [-0.1, -0.05) is 29.8 Å². The van der Waals surface area contributed by atoms with Gasteiger partial charge in [0.2, 0.25) is 0 Å². The van der Waals surface area contributed by atoms with E-state index in [1.165, 1.54) is 44.1 Å². The summed E-state index contributed by atoms with van der Waals surface area (Å²) in [7, 11) is 0. The predicted molar refractivity (Wildman–Crippen MR) is 83.6 cm³/mol. The number of nitrogens with two attached hydrogens (primary N) is 1. The summed E-state index contributed by atoms with van der Waals surface area (Å²) in [5.41, 5.74) is 10.3. The van der Waals surface area contributed by atoms with Crippen LogP contribution < -0.4 is 5.73 Å². The lowest BCUT2D eigenvalue weighted by atomic mass is 9.41. The zero-order valence-electron chi connectivity index (χ0n) is 12.9. The summed E-state index contributed by atoms with van der Waals surface area (Å²) in [5.74, 6) is 1.87. The molecule has 5 rings (SSSR count). The molecule has 20 heavy (non-hydrogen) atoms. The molecule has 1 nitrogen and oxygen atoms in total. The van der Waals surface area contributed by atoms with Crippen molar-refractivity contribution >= 4 is 0 Å². The van der Waals surface area contributed by atoms with Gasteiger partial charge in [0.15, 0.2) is 0 Å². The Morgan fingerprint density at radius 1 is 1.05 bits per heavy atom. The van der Waals surface area contributed by atoms with Crippen molar-refractivity contribution in [3.8, 4) is 0 Å². The Balaban J connectivity index is 1.77. The first-order valence-electron chi connectivity index (χ1n) is 8.34. The molecule has 4 saturated carbocycles. The number of hydrogen-bond acceptors (Lipinski definition) is 1. The molecule has 4 bridgehead atoms. The van der Waals surface area contributed by atoms with E-state index in [1.807, 2.05) is 0 Å². The van der Waals surface area contributed by atoms with Crippen molar-refractivity contribution < 1.29 is 0 Å². The second-order valence-electron chi connectivity index (χ2n) is 8.26. The summed E-state index contributed by atoms with van der Waals surface area (Å²) in [6.45, 7) is 4.45. The van der Waals surface area contributed by atoms with Crippen LogP contribution >= 0.6 is 0 Å². The topological polar surface area (TPSA) is 26.0 Å². The Labute approximate surface area is 122 Å². The monoisotopic (exact) mass is 269 g/mol. The molecule has 0 heterocycles. The molecule has 0 spiro atoms. The molecule has 4 aliphatic carbocycles. The standard InChI is InChI=1S/C19H27N/c1-13-3-5-17(6-4-13)19-10-15-7-16(11-19)9-18(8-15,12-19)14(2)20/h3-6,14-16H,7-12,20H2,1-2H3. The van der Waals surface area contributed by atoms with E-state index in [4.69, 9.17) is 5.73 Å². The van der Waals surface area contributed by atoms with E-state index in [0.717, 1.165) is 11.8 Å². The fourth-order valence-corrected chi connectivity index (χ4v) is 6.11. The second kappa shape index (κ2) is 4.10. The van der Waals surface area contributed by atoms with Crippen LogP contribution in [0.15, 0.2) is 24.3 Å².